The fourth-order valence-electron chi connectivity index (χ4n) is 5.45. The number of carbonyl (C=O) groups is 3. The van der Waals surface area contributed by atoms with Gasteiger partial charge in [0.1, 0.15) is 5.69 Å². The number of amides is 2. The molecule has 3 aliphatic rings. The van der Waals surface area contributed by atoms with Crippen molar-refractivity contribution in [2.45, 2.75) is 37.9 Å². The van der Waals surface area contributed by atoms with Gasteiger partial charge in [0.15, 0.2) is 5.01 Å². The Morgan fingerprint density at radius 1 is 1.18 bits per heavy atom. The number of halogens is 1. The molecular weight excluding hydrogens is 528 g/mol. The van der Waals surface area contributed by atoms with Crippen molar-refractivity contribution in [1.82, 2.24) is 30.4 Å². The highest BCUT2D eigenvalue weighted by atomic mass is 35.5. The summed E-state index contributed by atoms with van der Waals surface area (Å²) in [7, 11) is 2.05. The number of thiazole rings is 1. The number of fused-ring (bicyclic) bond motifs is 2. The van der Waals surface area contributed by atoms with Crippen molar-refractivity contribution in [3.8, 4) is 0 Å². The van der Waals surface area contributed by atoms with Crippen LogP contribution in [0.25, 0.3) is 10.9 Å². The maximum atomic E-state index is 13.2. The number of aliphatic carboxylic acids is 1. The molecule has 2 atom stereocenters. The molecule has 10 nitrogen and oxygen atoms in total. The topological polar surface area (TPSA) is 131 Å². The number of benzene rings is 1. The van der Waals surface area contributed by atoms with Crippen molar-refractivity contribution in [2.75, 3.05) is 33.2 Å². The number of aromatic amines is 1. The number of nitrogens with zero attached hydrogens (tertiary/aromatic N) is 3. The molecule has 0 spiro atoms. The third kappa shape index (κ3) is 4.91. The summed E-state index contributed by atoms with van der Waals surface area (Å²) >= 11 is 7.50. The van der Waals surface area contributed by atoms with Crippen LogP contribution in [0, 0.1) is 5.41 Å². The third-order valence-electron chi connectivity index (χ3n) is 7.81. The molecule has 2 amide bonds. The second-order valence-corrected chi connectivity index (χ2v) is 12.3. The molecule has 1 aliphatic carbocycles. The first kappa shape index (κ1) is 25.3. The van der Waals surface area contributed by atoms with Crippen molar-refractivity contribution < 1.29 is 19.5 Å². The monoisotopic (exact) mass is 556 g/mol. The number of likely N-dealkylation sites (N-methyl/N-ethyl adjacent to an activating group) is 1. The van der Waals surface area contributed by atoms with Gasteiger partial charge in [0.05, 0.1) is 23.2 Å². The van der Waals surface area contributed by atoms with E-state index >= 15 is 0 Å². The molecule has 1 saturated heterocycles. The van der Waals surface area contributed by atoms with Crippen LogP contribution < -0.4 is 10.6 Å². The van der Waals surface area contributed by atoms with Crippen molar-refractivity contribution in [1.29, 1.82) is 0 Å². The van der Waals surface area contributed by atoms with E-state index in [2.05, 4.69) is 25.5 Å². The van der Waals surface area contributed by atoms with Crippen molar-refractivity contribution in [2.24, 2.45) is 5.41 Å². The third-order valence-corrected chi connectivity index (χ3v) is 9.12. The molecule has 3 aromatic rings. The van der Waals surface area contributed by atoms with Crippen LogP contribution >= 0.6 is 22.9 Å². The van der Waals surface area contributed by atoms with E-state index in [0.29, 0.717) is 48.2 Å². The summed E-state index contributed by atoms with van der Waals surface area (Å²) in [6.07, 6.45) is 2.10. The summed E-state index contributed by atoms with van der Waals surface area (Å²) < 4.78 is 0. The Labute approximate surface area is 228 Å². The number of hydrogen-bond acceptors (Lipinski definition) is 7. The Morgan fingerprint density at radius 2 is 1.92 bits per heavy atom. The second kappa shape index (κ2) is 9.64. The number of aromatic nitrogens is 2. The second-order valence-electron chi connectivity index (χ2n) is 10.7. The molecule has 4 heterocycles. The normalized spacial score (nSPS) is 22.8. The minimum atomic E-state index is -0.791. The lowest BCUT2D eigenvalue weighted by atomic mass is 10.1. The van der Waals surface area contributed by atoms with Crippen molar-refractivity contribution in [3.05, 3.63) is 50.6 Å². The lowest BCUT2D eigenvalue weighted by Gasteiger charge is -2.20. The van der Waals surface area contributed by atoms with Gasteiger partial charge in [-0.2, -0.15) is 0 Å². The number of rotatable bonds is 7. The predicted molar refractivity (Wildman–Crippen MR) is 144 cm³/mol. The molecule has 0 bridgehead atoms. The van der Waals surface area contributed by atoms with Gasteiger partial charge in [-0.3, -0.25) is 19.3 Å². The Bertz CT molecular complexity index is 1430. The van der Waals surface area contributed by atoms with Crippen LogP contribution in [-0.2, 0) is 17.8 Å². The van der Waals surface area contributed by atoms with Gasteiger partial charge >= 0.3 is 5.97 Å². The van der Waals surface area contributed by atoms with Crippen LogP contribution in [0.4, 0.5) is 0 Å². The summed E-state index contributed by atoms with van der Waals surface area (Å²) in [4.78, 5) is 51.3. The first-order chi connectivity index (χ1) is 18.2. The van der Waals surface area contributed by atoms with E-state index in [1.807, 2.05) is 18.0 Å². The Morgan fingerprint density at radius 3 is 2.63 bits per heavy atom. The summed E-state index contributed by atoms with van der Waals surface area (Å²) in [6, 6.07) is 6.33. The summed E-state index contributed by atoms with van der Waals surface area (Å²) in [5, 5.41) is 17.7. The molecule has 1 saturated carbocycles. The molecule has 4 N–H and O–H groups in total. The highest BCUT2D eigenvalue weighted by Crippen LogP contribution is 2.47. The molecule has 2 unspecified atom stereocenters. The van der Waals surface area contributed by atoms with Gasteiger partial charge in [-0.05, 0) is 44.2 Å². The predicted octanol–water partition coefficient (Wildman–Crippen LogP) is 2.34. The van der Waals surface area contributed by atoms with E-state index in [1.54, 1.807) is 18.2 Å². The van der Waals surface area contributed by atoms with Crippen LogP contribution in [0.3, 0.4) is 0 Å². The molecule has 6 rings (SSSR count). The highest BCUT2D eigenvalue weighted by molar-refractivity contribution is 7.13. The first-order valence-electron chi connectivity index (χ1n) is 12.7. The molecule has 38 heavy (non-hydrogen) atoms. The minimum absolute atomic E-state index is 0.266. The average molecular weight is 557 g/mol. The Kier molecular flexibility index (Phi) is 6.42. The van der Waals surface area contributed by atoms with Crippen LogP contribution in [0.2, 0.25) is 5.02 Å². The number of carboxylic acid groups (broad SMARTS) is 1. The van der Waals surface area contributed by atoms with Crippen molar-refractivity contribution >= 4 is 51.6 Å². The lowest BCUT2D eigenvalue weighted by Crippen LogP contribution is -2.51. The Balaban J connectivity index is 1.19. The zero-order chi connectivity index (χ0) is 26.6. The van der Waals surface area contributed by atoms with E-state index in [-0.39, 0.29) is 11.8 Å². The molecule has 1 aromatic carbocycles. The number of hydrogen-bond donors (Lipinski definition) is 4. The van der Waals surface area contributed by atoms with Gasteiger partial charge in [-0.1, -0.05) is 11.6 Å². The number of H-pyrrole nitrogens is 1. The lowest BCUT2D eigenvalue weighted by molar-refractivity contribution is -0.144. The molecule has 0 radical (unpaired) electrons. The zero-order valence-corrected chi connectivity index (χ0v) is 22.5. The summed E-state index contributed by atoms with van der Waals surface area (Å²) in [5.41, 5.74) is 1.44. The molecule has 2 fully saturated rings. The molecule has 2 aromatic heterocycles. The smallest absolute Gasteiger partial charge is 0.310 e. The largest absolute Gasteiger partial charge is 0.481 e. The number of nitrogens with one attached hydrogen (secondary N) is 3. The number of likely N-dealkylation sites (tertiary alicyclic amines) is 1. The van der Waals surface area contributed by atoms with Gasteiger partial charge < -0.3 is 25.6 Å². The number of carboxylic acids is 1. The first-order valence-corrected chi connectivity index (χ1v) is 13.9. The van der Waals surface area contributed by atoms with E-state index in [4.69, 9.17) is 11.6 Å². The van der Waals surface area contributed by atoms with Gasteiger partial charge in [0.25, 0.3) is 11.8 Å². The van der Waals surface area contributed by atoms with Crippen LogP contribution in [0.15, 0.2) is 24.3 Å². The fraction of sp³-hybridized carbons (Fsp3) is 0.462. The molecular formula is C26H29ClN6O4S. The Hall–Kier alpha value is -2.99. The highest BCUT2D eigenvalue weighted by Gasteiger charge is 2.52. The van der Waals surface area contributed by atoms with Gasteiger partial charge in [-0.15, -0.1) is 11.3 Å². The van der Waals surface area contributed by atoms with E-state index < -0.39 is 23.5 Å². The standard InChI is InChI=1S/C26H29ClN6O4S/c1-32-7-4-17-21(12-32)38-24(31-17)23(35)30-20-11-33(13-26(5-6-26)25(36)37)10-19(20)29-22(34)18-9-14-8-15(27)2-3-16(14)28-18/h2-3,8-9,19-20,28H,4-7,10-13H2,1H3,(H,29,34)(H,30,35)(H,36,37). The van der Waals surface area contributed by atoms with E-state index in [1.165, 1.54) is 11.3 Å². The van der Waals surface area contributed by atoms with E-state index in [0.717, 1.165) is 41.0 Å². The van der Waals surface area contributed by atoms with Crippen LogP contribution in [-0.4, -0.2) is 88.0 Å². The van der Waals surface area contributed by atoms with Gasteiger partial charge in [0, 0.05) is 59.9 Å². The summed E-state index contributed by atoms with van der Waals surface area (Å²) in [6.45, 7) is 2.97. The minimum Gasteiger partial charge on any atom is -0.481 e. The van der Waals surface area contributed by atoms with Crippen LogP contribution in [0.5, 0.6) is 0 Å². The summed E-state index contributed by atoms with van der Waals surface area (Å²) in [5.74, 6) is -1.35. The molecule has 12 heteroatoms. The van der Waals surface area contributed by atoms with Gasteiger partial charge in [-0.25, -0.2) is 4.98 Å². The average Bonchev–Trinajstić information content (AvgIpc) is 3.19. The van der Waals surface area contributed by atoms with E-state index in [9.17, 15) is 19.5 Å². The molecule has 200 valence electrons. The molecule has 2 aliphatic heterocycles. The number of carbonyl (C=O) groups excluding carboxylic acids is 2. The van der Waals surface area contributed by atoms with Gasteiger partial charge in [0.2, 0.25) is 0 Å². The van der Waals surface area contributed by atoms with Crippen molar-refractivity contribution in [3.63, 3.8) is 0 Å². The fourth-order valence-corrected chi connectivity index (χ4v) is 6.72. The maximum Gasteiger partial charge on any atom is 0.310 e. The maximum absolute atomic E-state index is 13.2. The van der Waals surface area contributed by atoms with Crippen LogP contribution in [0.1, 0.15) is 43.7 Å². The quantitative estimate of drug-likeness (QED) is 0.351. The zero-order valence-electron chi connectivity index (χ0n) is 20.9. The SMILES string of the molecule is CN1CCc2nc(C(=O)NC3CN(CC4(C(=O)O)CC4)CC3NC(=O)c3cc4cc(Cl)ccc4[nH]3)sc2C1.